The van der Waals surface area contributed by atoms with Crippen molar-refractivity contribution in [3.05, 3.63) is 117 Å². The molecule has 2 N–H and O–H groups in total. The number of rotatable bonds is 13. The van der Waals surface area contributed by atoms with Gasteiger partial charge in [-0.3, -0.25) is 9.59 Å². The molecule has 9 heteroatoms. The number of para-hydroxylation sites is 2. The van der Waals surface area contributed by atoms with Gasteiger partial charge in [0.1, 0.15) is 11.5 Å². The molecular weight excluding hydrogens is 572 g/mol. The van der Waals surface area contributed by atoms with Crippen molar-refractivity contribution in [2.45, 2.75) is 38.6 Å². The number of benzene rings is 3. The van der Waals surface area contributed by atoms with E-state index in [4.69, 9.17) is 18.9 Å². The molecule has 0 unspecified atom stereocenters. The molecule has 0 radical (unpaired) electrons. The molecule has 0 amide bonds. The number of H-pyrrole nitrogens is 1. The molecule has 0 aliphatic carbocycles. The summed E-state index contributed by atoms with van der Waals surface area (Å²) in [5, 5.41) is 12.3. The number of aromatic nitrogens is 2. The fourth-order valence-corrected chi connectivity index (χ4v) is 5.75. The van der Waals surface area contributed by atoms with Gasteiger partial charge >= 0.3 is 5.97 Å². The second-order valence-electron chi connectivity index (χ2n) is 10.8. The Morgan fingerprint density at radius 1 is 0.956 bits per heavy atom. The summed E-state index contributed by atoms with van der Waals surface area (Å²) in [6, 6.07) is 22.6. The Kier molecular flexibility index (Phi) is 9.77. The van der Waals surface area contributed by atoms with Crippen molar-refractivity contribution < 1.29 is 28.8 Å². The molecule has 3 aromatic carbocycles. The highest BCUT2D eigenvalue weighted by atomic mass is 16.5. The summed E-state index contributed by atoms with van der Waals surface area (Å²) in [6.07, 6.45) is 2.96. The maximum absolute atomic E-state index is 14.2. The number of fused-ring (bicyclic) bond motifs is 1. The van der Waals surface area contributed by atoms with Crippen LogP contribution in [0.4, 0.5) is 0 Å². The van der Waals surface area contributed by atoms with E-state index >= 15 is 0 Å². The van der Waals surface area contributed by atoms with Crippen LogP contribution in [0.1, 0.15) is 40.3 Å². The summed E-state index contributed by atoms with van der Waals surface area (Å²) in [4.78, 5) is 30.2. The Morgan fingerprint density at radius 2 is 1.73 bits per heavy atom. The highest BCUT2D eigenvalue weighted by molar-refractivity contribution is 5.83. The molecule has 0 aliphatic heterocycles. The van der Waals surface area contributed by atoms with Gasteiger partial charge in [0.15, 0.2) is 11.5 Å². The number of nitrogens with zero attached hydrogens (tertiary/aromatic N) is 1. The molecule has 2 heterocycles. The fourth-order valence-electron chi connectivity index (χ4n) is 5.75. The van der Waals surface area contributed by atoms with Crippen LogP contribution in [0.25, 0.3) is 10.9 Å². The molecule has 9 nitrogen and oxygen atoms in total. The monoisotopic (exact) mass is 610 g/mol. The average Bonchev–Trinajstić information content (AvgIpc) is 3.47. The van der Waals surface area contributed by atoms with Crippen molar-refractivity contribution >= 4 is 16.9 Å². The molecule has 2 aromatic heterocycles. The first-order valence-corrected chi connectivity index (χ1v) is 14.8. The predicted molar refractivity (Wildman–Crippen MR) is 173 cm³/mol. The Labute approximate surface area is 262 Å². The number of esters is 1. The van der Waals surface area contributed by atoms with E-state index in [-0.39, 0.29) is 23.3 Å². The molecule has 5 rings (SSSR count). The van der Waals surface area contributed by atoms with E-state index in [2.05, 4.69) is 4.98 Å². The minimum absolute atomic E-state index is 0.0955. The first-order chi connectivity index (χ1) is 21.8. The molecule has 5 aromatic rings. The number of aromatic amines is 1. The summed E-state index contributed by atoms with van der Waals surface area (Å²) in [5.74, 6) is 0.0206. The van der Waals surface area contributed by atoms with E-state index in [1.54, 1.807) is 42.9 Å². The fraction of sp³-hybridized carbons (Fsp3) is 0.278. The maximum atomic E-state index is 14.2. The number of pyridine rings is 1. The van der Waals surface area contributed by atoms with Crippen LogP contribution in [0.3, 0.4) is 0 Å². The van der Waals surface area contributed by atoms with E-state index in [1.165, 1.54) is 14.2 Å². The number of methoxy groups -OCH3 is 3. The zero-order valence-electron chi connectivity index (χ0n) is 26.0. The standard InChI is InChI=1S/C36H38N2O7/c1-23-20-31(39)34(36(41)38(23)18-16-25-22-37-30-10-6-5-8-27(25)30)29(21-33(40)44-4)28-9-7-11-32(43-3)35(28)45-19-17-24-12-14-26(42-2)15-13-24/h5-15,20,22,29,37,39H,16-19,21H2,1-4H3/t29-/m1/s1. The second-order valence-corrected chi connectivity index (χ2v) is 10.8. The van der Waals surface area contributed by atoms with Crippen LogP contribution in [-0.2, 0) is 28.9 Å². The smallest absolute Gasteiger partial charge is 0.306 e. The lowest BCUT2D eigenvalue weighted by atomic mass is 9.87. The van der Waals surface area contributed by atoms with Gasteiger partial charge in [-0.15, -0.1) is 0 Å². The van der Waals surface area contributed by atoms with E-state index in [1.807, 2.05) is 54.7 Å². The van der Waals surface area contributed by atoms with Gasteiger partial charge in [0, 0.05) is 47.2 Å². The highest BCUT2D eigenvalue weighted by Gasteiger charge is 2.30. The molecule has 0 aliphatic rings. The lowest BCUT2D eigenvalue weighted by Gasteiger charge is -2.23. The van der Waals surface area contributed by atoms with E-state index in [0.29, 0.717) is 48.7 Å². The first-order valence-electron chi connectivity index (χ1n) is 14.8. The Morgan fingerprint density at radius 3 is 2.47 bits per heavy atom. The predicted octanol–water partition coefficient (Wildman–Crippen LogP) is 5.92. The van der Waals surface area contributed by atoms with Gasteiger partial charge in [-0.25, -0.2) is 0 Å². The van der Waals surface area contributed by atoms with E-state index in [0.717, 1.165) is 27.8 Å². The lowest BCUT2D eigenvalue weighted by molar-refractivity contribution is -0.140. The minimum atomic E-state index is -0.865. The second kappa shape index (κ2) is 14.1. The van der Waals surface area contributed by atoms with Gasteiger partial charge in [-0.2, -0.15) is 0 Å². The first kappa shape index (κ1) is 31.3. The zero-order valence-corrected chi connectivity index (χ0v) is 26.0. The van der Waals surface area contributed by atoms with Crippen molar-refractivity contribution in [1.29, 1.82) is 0 Å². The van der Waals surface area contributed by atoms with Crippen LogP contribution in [0.2, 0.25) is 0 Å². The molecule has 0 saturated carbocycles. The molecule has 0 fully saturated rings. The third-order valence-electron chi connectivity index (χ3n) is 8.15. The third kappa shape index (κ3) is 6.82. The van der Waals surface area contributed by atoms with Crippen molar-refractivity contribution in [3.8, 4) is 23.0 Å². The van der Waals surface area contributed by atoms with Crippen molar-refractivity contribution in [2.24, 2.45) is 0 Å². The summed E-state index contributed by atoms with van der Waals surface area (Å²) in [5.41, 5.74) is 4.02. The van der Waals surface area contributed by atoms with Crippen LogP contribution in [-0.4, -0.2) is 48.6 Å². The number of carbonyl (C=O) groups excluding carboxylic acids is 1. The minimum Gasteiger partial charge on any atom is -0.507 e. The molecule has 45 heavy (non-hydrogen) atoms. The average molecular weight is 611 g/mol. The van der Waals surface area contributed by atoms with Gasteiger partial charge < -0.3 is 33.6 Å². The normalized spacial score (nSPS) is 11.7. The number of aromatic hydroxyl groups is 1. The largest absolute Gasteiger partial charge is 0.507 e. The molecule has 0 bridgehead atoms. The molecule has 1 atom stereocenters. The summed E-state index contributed by atoms with van der Waals surface area (Å²) in [6.45, 7) is 2.47. The van der Waals surface area contributed by atoms with Gasteiger partial charge in [0.05, 0.1) is 39.9 Å². The van der Waals surface area contributed by atoms with Gasteiger partial charge in [0.2, 0.25) is 0 Å². The van der Waals surface area contributed by atoms with Crippen molar-refractivity contribution in [3.63, 3.8) is 0 Å². The Hall–Kier alpha value is -5.18. The number of hydrogen-bond donors (Lipinski definition) is 2. The van der Waals surface area contributed by atoms with E-state index < -0.39 is 11.9 Å². The third-order valence-corrected chi connectivity index (χ3v) is 8.15. The van der Waals surface area contributed by atoms with Gasteiger partial charge in [0.25, 0.3) is 5.56 Å². The number of nitrogens with one attached hydrogen (secondary N) is 1. The van der Waals surface area contributed by atoms with E-state index in [9.17, 15) is 14.7 Å². The van der Waals surface area contributed by atoms with Crippen LogP contribution >= 0.6 is 0 Å². The van der Waals surface area contributed by atoms with Gasteiger partial charge in [-0.05, 0) is 54.8 Å². The molecular formula is C36H38N2O7. The zero-order chi connectivity index (χ0) is 31.9. The van der Waals surface area contributed by atoms with Crippen LogP contribution in [0, 0.1) is 6.92 Å². The van der Waals surface area contributed by atoms with Gasteiger partial charge in [-0.1, -0.05) is 42.5 Å². The SMILES string of the molecule is COC(=O)C[C@H](c1cccc(OC)c1OCCc1ccc(OC)cc1)c1c(O)cc(C)n(CCc2c[nH]c3ccccc23)c1=O. The quantitative estimate of drug-likeness (QED) is 0.159. The summed E-state index contributed by atoms with van der Waals surface area (Å²) >= 11 is 0. The van der Waals surface area contributed by atoms with Crippen molar-refractivity contribution in [1.82, 2.24) is 9.55 Å². The molecule has 234 valence electrons. The summed E-state index contributed by atoms with van der Waals surface area (Å²) < 4.78 is 23.9. The Bertz CT molecular complexity index is 1840. The lowest BCUT2D eigenvalue weighted by Crippen LogP contribution is -2.29. The number of hydrogen-bond acceptors (Lipinski definition) is 7. The number of carbonyl (C=O) groups is 1. The molecule has 0 saturated heterocycles. The van der Waals surface area contributed by atoms with Crippen molar-refractivity contribution in [2.75, 3.05) is 27.9 Å². The highest BCUT2D eigenvalue weighted by Crippen LogP contribution is 2.42. The number of ether oxygens (including phenoxy) is 4. The van der Waals surface area contributed by atoms with Crippen LogP contribution in [0.5, 0.6) is 23.0 Å². The Balaban J connectivity index is 1.51. The van der Waals surface area contributed by atoms with Crippen LogP contribution < -0.4 is 19.8 Å². The number of aryl methyl sites for hydroxylation is 2. The summed E-state index contributed by atoms with van der Waals surface area (Å²) in [7, 11) is 4.45. The van der Waals surface area contributed by atoms with Crippen LogP contribution in [0.15, 0.2) is 83.8 Å². The maximum Gasteiger partial charge on any atom is 0.306 e. The molecule has 0 spiro atoms. The topological polar surface area (TPSA) is 112 Å².